The number of hydrogen-bond donors (Lipinski definition) is 1. The van der Waals surface area contributed by atoms with Crippen molar-refractivity contribution in [2.45, 2.75) is 33.2 Å². The molecule has 0 fully saturated rings. The Morgan fingerprint density at radius 2 is 1.86 bits per heavy atom. The molecule has 0 aliphatic rings. The lowest BCUT2D eigenvalue weighted by molar-refractivity contribution is 0.568. The van der Waals surface area contributed by atoms with Gasteiger partial charge in [-0.05, 0) is 67.3 Å². The summed E-state index contributed by atoms with van der Waals surface area (Å²) in [6.07, 6.45) is 1.03. The molecular weight excluding hydrogens is 268 g/mol. The summed E-state index contributed by atoms with van der Waals surface area (Å²) in [5, 5.41) is 3.39. The van der Waals surface area contributed by atoms with E-state index < -0.39 is 0 Å². The third-order valence-corrected chi connectivity index (χ3v) is 3.67. The van der Waals surface area contributed by atoms with Gasteiger partial charge in [-0.3, -0.25) is 0 Å². The Kier molecular flexibility index (Phi) is 5.07. The summed E-state index contributed by atoms with van der Waals surface area (Å²) in [6.45, 7) is 6.74. The molecule has 0 aliphatic carbocycles. The standard InChI is InChI=1S/C18H21F2N/c1-4-9-21-13(3)16-8-7-15(19)11-17(16)14-6-5-12(2)18(20)10-14/h5-8,10-11,13,21H,4,9H2,1-3H3. The molecule has 1 unspecified atom stereocenters. The zero-order valence-corrected chi connectivity index (χ0v) is 12.7. The van der Waals surface area contributed by atoms with Crippen molar-refractivity contribution in [2.24, 2.45) is 0 Å². The lowest BCUT2D eigenvalue weighted by Crippen LogP contribution is -2.20. The van der Waals surface area contributed by atoms with Gasteiger partial charge in [0.25, 0.3) is 0 Å². The summed E-state index contributed by atoms with van der Waals surface area (Å²) in [4.78, 5) is 0. The Bertz CT molecular complexity index is 623. The molecule has 1 nitrogen and oxygen atoms in total. The maximum Gasteiger partial charge on any atom is 0.126 e. The second-order valence-corrected chi connectivity index (χ2v) is 5.37. The van der Waals surface area contributed by atoms with Gasteiger partial charge in [0.05, 0.1) is 0 Å². The summed E-state index contributed by atoms with van der Waals surface area (Å²) in [5.74, 6) is -0.575. The van der Waals surface area contributed by atoms with Crippen LogP contribution in [0.4, 0.5) is 8.78 Å². The topological polar surface area (TPSA) is 12.0 Å². The molecule has 1 N–H and O–H groups in total. The molecule has 0 radical (unpaired) electrons. The summed E-state index contributed by atoms with van der Waals surface area (Å²) in [7, 11) is 0. The number of nitrogens with one attached hydrogen (secondary N) is 1. The van der Waals surface area contributed by atoms with Crippen molar-refractivity contribution in [3.63, 3.8) is 0 Å². The van der Waals surface area contributed by atoms with Crippen LogP contribution in [0.15, 0.2) is 36.4 Å². The number of aryl methyl sites for hydroxylation is 1. The van der Waals surface area contributed by atoms with Gasteiger partial charge in [-0.2, -0.15) is 0 Å². The molecule has 0 aliphatic heterocycles. The molecule has 2 aromatic rings. The Morgan fingerprint density at radius 1 is 1.10 bits per heavy atom. The molecule has 0 bridgehead atoms. The van der Waals surface area contributed by atoms with Crippen molar-refractivity contribution in [1.29, 1.82) is 0 Å². The lowest BCUT2D eigenvalue weighted by Gasteiger charge is -2.18. The summed E-state index contributed by atoms with van der Waals surface area (Å²) < 4.78 is 27.4. The third kappa shape index (κ3) is 3.67. The van der Waals surface area contributed by atoms with Crippen LogP contribution in [-0.4, -0.2) is 6.54 Å². The molecule has 2 rings (SSSR count). The average Bonchev–Trinajstić information content (AvgIpc) is 2.47. The normalized spacial score (nSPS) is 12.4. The first-order chi connectivity index (χ1) is 10.0. The molecule has 0 aromatic heterocycles. The van der Waals surface area contributed by atoms with E-state index in [1.807, 2.05) is 13.0 Å². The predicted octanol–water partition coefficient (Wildman–Crippen LogP) is 5.00. The highest BCUT2D eigenvalue weighted by atomic mass is 19.1. The molecule has 112 valence electrons. The molecule has 0 heterocycles. The first-order valence-electron chi connectivity index (χ1n) is 7.32. The molecule has 0 amide bonds. The van der Waals surface area contributed by atoms with E-state index in [9.17, 15) is 8.78 Å². The van der Waals surface area contributed by atoms with Crippen LogP contribution in [0.3, 0.4) is 0 Å². The van der Waals surface area contributed by atoms with E-state index >= 15 is 0 Å². The quantitative estimate of drug-likeness (QED) is 0.816. The van der Waals surface area contributed by atoms with Crippen LogP contribution in [-0.2, 0) is 0 Å². The van der Waals surface area contributed by atoms with Gasteiger partial charge < -0.3 is 5.32 Å². The number of hydrogen-bond acceptors (Lipinski definition) is 1. The Hall–Kier alpha value is -1.74. The predicted molar refractivity (Wildman–Crippen MR) is 83.2 cm³/mol. The van der Waals surface area contributed by atoms with Gasteiger partial charge in [-0.1, -0.05) is 25.1 Å². The fourth-order valence-corrected chi connectivity index (χ4v) is 2.39. The van der Waals surface area contributed by atoms with Gasteiger partial charge in [0.1, 0.15) is 11.6 Å². The van der Waals surface area contributed by atoms with E-state index in [0.717, 1.165) is 24.1 Å². The lowest BCUT2D eigenvalue weighted by atomic mass is 9.94. The Labute approximate surface area is 125 Å². The van der Waals surface area contributed by atoms with Crippen LogP contribution in [0.25, 0.3) is 11.1 Å². The fraction of sp³-hybridized carbons (Fsp3) is 0.333. The molecular formula is C18H21F2N. The van der Waals surface area contributed by atoms with Crippen LogP contribution in [0, 0.1) is 18.6 Å². The van der Waals surface area contributed by atoms with E-state index in [1.54, 1.807) is 19.1 Å². The van der Waals surface area contributed by atoms with E-state index in [-0.39, 0.29) is 17.7 Å². The van der Waals surface area contributed by atoms with Crippen LogP contribution < -0.4 is 5.32 Å². The van der Waals surface area contributed by atoms with E-state index in [0.29, 0.717) is 11.1 Å². The number of benzene rings is 2. The zero-order chi connectivity index (χ0) is 15.4. The van der Waals surface area contributed by atoms with E-state index in [2.05, 4.69) is 12.2 Å². The molecule has 0 saturated heterocycles. The minimum Gasteiger partial charge on any atom is -0.310 e. The van der Waals surface area contributed by atoms with Crippen molar-refractivity contribution in [3.8, 4) is 11.1 Å². The maximum absolute atomic E-state index is 13.8. The van der Waals surface area contributed by atoms with Crippen molar-refractivity contribution < 1.29 is 8.78 Å². The fourth-order valence-electron chi connectivity index (χ4n) is 2.39. The minimum absolute atomic E-state index is 0.0879. The first-order valence-corrected chi connectivity index (χ1v) is 7.32. The third-order valence-electron chi connectivity index (χ3n) is 3.67. The van der Waals surface area contributed by atoms with E-state index in [1.165, 1.54) is 18.2 Å². The highest BCUT2D eigenvalue weighted by Crippen LogP contribution is 2.30. The second-order valence-electron chi connectivity index (χ2n) is 5.37. The monoisotopic (exact) mass is 289 g/mol. The summed E-state index contributed by atoms with van der Waals surface area (Å²) in [5.41, 5.74) is 3.02. The van der Waals surface area contributed by atoms with Crippen LogP contribution in [0.2, 0.25) is 0 Å². The van der Waals surface area contributed by atoms with Crippen molar-refractivity contribution in [3.05, 3.63) is 59.2 Å². The maximum atomic E-state index is 13.8. The van der Waals surface area contributed by atoms with Gasteiger partial charge in [-0.25, -0.2) is 8.78 Å². The highest BCUT2D eigenvalue weighted by Gasteiger charge is 2.13. The van der Waals surface area contributed by atoms with E-state index in [4.69, 9.17) is 0 Å². The molecule has 3 heteroatoms. The molecule has 2 aromatic carbocycles. The Balaban J connectivity index is 2.45. The largest absolute Gasteiger partial charge is 0.310 e. The highest BCUT2D eigenvalue weighted by molar-refractivity contribution is 5.68. The Morgan fingerprint density at radius 3 is 2.52 bits per heavy atom. The summed E-state index contributed by atoms with van der Waals surface area (Å²) >= 11 is 0. The average molecular weight is 289 g/mol. The van der Waals surface area contributed by atoms with Crippen LogP contribution in [0.5, 0.6) is 0 Å². The zero-order valence-electron chi connectivity index (χ0n) is 12.7. The van der Waals surface area contributed by atoms with Gasteiger partial charge >= 0.3 is 0 Å². The van der Waals surface area contributed by atoms with Gasteiger partial charge in [0, 0.05) is 6.04 Å². The van der Waals surface area contributed by atoms with Gasteiger partial charge in [-0.15, -0.1) is 0 Å². The molecule has 0 saturated carbocycles. The number of rotatable bonds is 5. The van der Waals surface area contributed by atoms with Crippen LogP contribution >= 0.6 is 0 Å². The smallest absolute Gasteiger partial charge is 0.126 e. The SMILES string of the molecule is CCCNC(C)c1ccc(F)cc1-c1ccc(C)c(F)c1. The van der Waals surface area contributed by atoms with Gasteiger partial charge in [0.15, 0.2) is 0 Å². The second kappa shape index (κ2) is 6.81. The van der Waals surface area contributed by atoms with Crippen LogP contribution in [0.1, 0.15) is 37.4 Å². The molecule has 1 atom stereocenters. The van der Waals surface area contributed by atoms with Gasteiger partial charge in [0.2, 0.25) is 0 Å². The molecule has 21 heavy (non-hydrogen) atoms. The summed E-state index contributed by atoms with van der Waals surface area (Å²) in [6, 6.07) is 9.82. The minimum atomic E-state index is -0.308. The van der Waals surface area contributed by atoms with Crippen molar-refractivity contribution in [2.75, 3.05) is 6.54 Å². The first kappa shape index (κ1) is 15.6. The molecule has 0 spiro atoms. The van der Waals surface area contributed by atoms with Crippen molar-refractivity contribution >= 4 is 0 Å². The number of halogens is 2. The van der Waals surface area contributed by atoms with Crippen molar-refractivity contribution in [1.82, 2.24) is 5.32 Å².